The number of fused-ring (bicyclic) bond motifs is 1. The molecule has 1 aliphatic rings. The Labute approximate surface area is 178 Å². The Kier molecular flexibility index (Phi) is 6.08. The average Bonchev–Trinajstić information content (AvgIpc) is 2.76. The molecule has 1 saturated heterocycles. The summed E-state index contributed by atoms with van der Waals surface area (Å²) in [5.41, 5.74) is 0.187. The molecule has 0 saturated carbocycles. The highest BCUT2D eigenvalue weighted by molar-refractivity contribution is 5.91. The van der Waals surface area contributed by atoms with E-state index in [0.29, 0.717) is 29.6 Å². The molecule has 10 heteroatoms. The van der Waals surface area contributed by atoms with E-state index in [0.717, 1.165) is 38.7 Å². The highest BCUT2D eigenvalue weighted by Crippen LogP contribution is 2.14. The van der Waals surface area contributed by atoms with E-state index < -0.39 is 5.69 Å². The molecule has 4 rings (SSSR count). The number of aromatic nitrogens is 4. The highest BCUT2D eigenvalue weighted by Gasteiger charge is 2.18. The summed E-state index contributed by atoms with van der Waals surface area (Å²) < 4.78 is 1.24. The molecule has 0 unspecified atom stereocenters. The van der Waals surface area contributed by atoms with Gasteiger partial charge in [0.25, 0.3) is 5.56 Å². The zero-order valence-electron chi connectivity index (χ0n) is 17.4. The van der Waals surface area contributed by atoms with Crippen LogP contribution in [0.3, 0.4) is 0 Å². The van der Waals surface area contributed by atoms with Crippen molar-refractivity contribution in [3.63, 3.8) is 0 Å². The van der Waals surface area contributed by atoms with Crippen molar-refractivity contribution in [2.24, 2.45) is 0 Å². The Balaban J connectivity index is 1.36. The summed E-state index contributed by atoms with van der Waals surface area (Å²) >= 11 is 0. The molecule has 10 nitrogen and oxygen atoms in total. The van der Waals surface area contributed by atoms with Gasteiger partial charge >= 0.3 is 5.69 Å². The molecule has 0 spiro atoms. The maximum absolute atomic E-state index is 12.8. The predicted octanol–water partition coefficient (Wildman–Crippen LogP) is 0.651. The number of hydrogen-bond donors (Lipinski definition) is 2. The topological polar surface area (TPSA) is 116 Å². The first-order valence-electron chi connectivity index (χ1n) is 10.3. The summed E-state index contributed by atoms with van der Waals surface area (Å²) in [6.07, 6.45) is 4.18. The van der Waals surface area contributed by atoms with E-state index in [1.165, 1.54) is 11.5 Å². The van der Waals surface area contributed by atoms with E-state index in [4.69, 9.17) is 0 Å². The molecule has 3 aromatic rings. The molecule has 0 radical (unpaired) electrons. The molecule has 1 aliphatic heterocycles. The second-order valence-corrected chi connectivity index (χ2v) is 7.56. The Morgan fingerprint density at radius 1 is 1.10 bits per heavy atom. The molecule has 2 aromatic heterocycles. The molecule has 1 aromatic carbocycles. The van der Waals surface area contributed by atoms with Gasteiger partial charge in [0.05, 0.1) is 10.9 Å². The molecular formula is C21H25N7O3. The third-order valence-corrected chi connectivity index (χ3v) is 5.37. The second kappa shape index (κ2) is 9.09. The van der Waals surface area contributed by atoms with Crippen LogP contribution in [0.4, 0.5) is 11.6 Å². The number of H-pyrrole nitrogens is 1. The van der Waals surface area contributed by atoms with Gasteiger partial charge in [0.2, 0.25) is 11.9 Å². The number of carbonyl (C=O) groups excluding carboxylic acids is 1. The minimum Gasteiger partial charge on any atom is -0.338 e. The highest BCUT2D eigenvalue weighted by atomic mass is 16.2. The van der Waals surface area contributed by atoms with Crippen molar-refractivity contribution in [3.05, 3.63) is 57.5 Å². The molecule has 31 heavy (non-hydrogen) atoms. The van der Waals surface area contributed by atoms with E-state index in [1.807, 2.05) is 0 Å². The van der Waals surface area contributed by atoms with Crippen LogP contribution in [0.5, 0.6) is 0 Å². The first-order chi connectivity index (χ1) is 15.0. The average molecular weight is 423 g/mol. The van der Waals surface area contributed by atoms with E-state index >= 15 is 0 Å². The van der Waals surface area contributed by atoms with Gasteiger partial charge in [-0.1, -0.05) is 0 Å². The third-order valence-electron chi connectivity index (χ3n) is 5.37. The number of hydrogen-bond acceptors (Lipinski definition) is 7. The number of nitrogens with one attached hydrogen (secondary N) is 2. The minimum atomic E-state index is -0.441. The lowest BCUT2D eigenvalue weighted by molar-refractivity contribution is -0.114. The molecule has 0 bridgehead atoms. The van der Waals surface area contributed by atoms with Gasteiger partial charge in [-0.05, 0) is 37.2 Å². The Hall–Kier alpha value is -3.53. The fourth-order valence-corrected chi connectivity index (χ4v) is 3.82. The molecule has 1 amide bonds. The number of carbonyl (C=O) groups is 1. The van der Waals surface area contributed by atoms with Crippen LogP contribution < -0.4 is 21.5 Å². The van der Waals surface area contributed by atoms with Gasteiger partial charge in [-0.2, -0.15) is 0 Å². The third kappa shape index (κ3) is 4.80. The molecule has 0 atom stereocenters. The molecule has 1 fully saturated rings. The van der Waals surface area contributed by atoms with Crippen LogP contribution in [0.1, 0.15) is 13.3 Å². The van der Waals surface area contributed by atoms with Crippen LogP contribution >= 0.6 is 0 Å². The summed E-state index contributed by atoms with van der Waals surface area (Å²) in [6.45, 7) is 6.00. The minimum absolute atomic E-state index is 0.216. The van der Waals surface area contributed by atoms with Crippen LogP contribution in [0.25, 0.3) is 10.9 Å². The van der Waals surface area contributed by atoms with E-state index in [2.05, 4.69) is 30.1 Å². The second-order valence-electron chi connectivity index (χ2n) is 7.56. The van der Waals surface area contributed by atoms with Crippen molar-refractivity contribution in [2.75, 3.05) is 42.9 Å². The van der Waals surface area contributed by atoms with Gasteiger partial charge in [-0.3, -0.25) is 19.1 Å². The quantitative estimate of drug-likeness (QED) is 0.598. The normalized spacial score (nSPS) is 14.7. The number of piperazine rings is 1. The number of anilines is 2. The lowest BCUT2D eigenvalue weighted by Gasteiger charge is -2.34. The van der Waals surface area contributed by atoms with Crippen LogP contribution in [-0.2, 0) is 11.3 Å². The SMILES string of the molecule is CC(=O)Nc1ccc2c(=O)n(CCCN3CCN(c4ncccn4)CC3)c(=O)[nH]c2c1. The van der Waals surface area contributed by atoms with Crippen LogP contribution in [-0.4, -0.2) is 63.0 Å². The Morgan fingerprint density at radius 3 is 2.55 bits per heavy atom. The lowest BCUT2D eigenvalue weighted by atomic mass is 10.2. The summed E-state index contributed by atoms with van der Waals surface area (Å²) in [4.78, 5) is 52.3. The van der Waals surface area contributed by atoms with Gasteiger partial charge in [0, 0.05) is 57.7 Å². The van der Waals surface area contributed by atoms with Crippen molar-refractivity contribution in [1.29, 1.82) is 0 Å². The number of aromatic amines is 1. The van der Waals surface area contributed by atoms with Gasteiger partial charge < -0.3 is 15.2 Å². The number of nitrogens with zero attached hydrogens (tertiary/aromatic N) is 5. The van der Waals surface area contributed by atoms with Gasteiger partial charge in [-0.25, -0.2) is 14.8 Å². The van der Waals surface area contributed by atoms with E-state index in [1.54, 1.807) is 36.7 Å². The van der Waals surface area contributed by atoms with Crippen molar-refractivity contribution in [3.8, 4) is 0 Å². The zero-order chi connectivity index (χ0) is 21.8. The van der Waals surface area contributed by atoms with Gasteiger partial charge in [0.1, 0.15) is 0 Å². The molecule has 0 aliphatic carbocycles. The molecule has 3 heterocycles. The smallest absolute Gasteiger partial charge is 0.328 e. The summed E-state index contributed by atoms with van der Waals surface area (Å²) in [5.74, 6) is 0.533. The van der Waals surface area contributed by atoms with Crippen LogP contribution in [0.2, 0.25) is 0 Å². The fourth-order valence-electron chi connectivity index (χ4n) is 3.82. The van der Waals surface area contributed by atoms with Crippen molar-refractivity contribution in [1.82, 2.24) is 24.4 Å². The Morgan fingerprint density at radius 2 is 1.84 bits per heavy atom. The first kappa shape index (κ1) is 20.7. The van der Waals surface area contributed by atoms with E-state index in [-0.39, 0.29) is 11.5 Å². The molecule has 2 N–H and O–H groups in total. The summed E-state index contributed by atoms with van der Waals surface area (Å²) in [6, 6.07) is 6.68. The Bertz CT molecular complexity index is 1180. The van der Waals surface area contributed by atoms with Crippen LogP contribution in [0.15, 0.2) is 46.2 Å². The van der Waals surface area contributed by atoms with Gasteiger partial charge in [-0.15, -0.1) is 0 Å². The molecule has 162 valence electrons. The number of rotatable bonds is 6. The van der Waals surface area contributed by atoms with Crippen LogP contribution in [0, 0.1) is 0 Å². The van der Waals surface area contributed by atoms with Gasteiger partial charge in [0.15, 0.2) is 0 Å². The zero-order valence-corrected chi connectivity index (χ0v) is 17.4. The number of amides is 1. The first-order valence-corrected chi connectivity index (χ1v) is 10.3. The summed E-state index contributed by atoms with van der Waals surface area (Å²) in [7, 11) is 0. The van der Waals surface area contributed by atoms with E-state index in [9.17, 15) is 14.4 Å². The summed E-state index contributed by atoms with van der Waals surface area (Å²) in [5, 5.41) is 3.07. The standard InChI is InChI=1S/C21H25N7O3/c1-15(29)24-16-4-5-17-18(14-16)25-21(31)28(19(17)30)9-3-8-26-10-12-27(13-11-26)20-22-6-2-7-23-20/h2,4-7,14H,3,8-13H2,1H3,(H,24,29)(H,25,31). The lowest BCUT2D eigenvalue weighted by Crippen LogP contribution is -2.47. The maximum atomic E-state index is 12.8. The largest absolute Gasteiger partial charge is 0.338 e. The number of benzene rings is 1. The fraction of sp³-hybridized carbons (Fsp3) is 0.381. The van der Waals surface area contributed by atoms with Crippen molar-refractivity contribution >= 4 is 28.4 Å². The predicted molar refractivity (Wildman–Crippen MR) is 118 cm³/mol. The van der Waals surface area contributed by atoms with Crippen molar-refractivity contribution in [2.45, 2.75) is 19.9 Å². The monoisotopic (exact) mass is 423 g/mol. The maximum Gasteiger partial charge on any atom is 0.328 e. The van der Waals surface area contributed by atoms with Crippen molar-refractivity contribution < 1.29 is 4.79 Å². The molecular weight excluding hydrogens is 398 g/mol.